The van der Waals surface area contributed by atoms with Crippen LogP contribution in [0.2, 0.25) is 0 Å². The molecule has 108 heavy (non-hydrogen) atoms. The van der Waals surface area contributed by atoms with Crippen molar-refractivity contribution in [3.8, 4) is 23.0 Å². The summed E-state index contributed by atoms with van der Waals surface area (Å²) in [6.45, 7) is 13.9. The van der Waals surface area contributed by atoms with Crippen LogP contribution in [0.5, 0.6) is 23.0 Å². The Morgan fingerprint density at radius 1 is 0.583 bits per heavy atom. The fourth-order valence-corrected chi connectivity index (χ4v) is 12.7. The van der Waals surface area contributed by atoms with Gasteiger partial charge in [0.2, 0.25) is 35.4 Å². The molecule has 33 nitrogen and oxygen atoms in total. The van der Waals surface area contributed by atoms with Gasteiger partial charge in [-0.05, 0) is 102 Å². The summed E-state index contributed by atoms with van der Waals surface area (Å²) < 4.78 is 36.2. The SMILES string of the molecule is C=C1Nc2ccc(cc2)COC(=O)N2c3cc(c(OC)cc3C(=O)N3CC(C)=C[C@H]3C2C)OCCCOc2cc3c(cc2OC)C(=O)N2CC(C)=C[C@H]2CN3C(=O)OCc2ccc(cc2)NC(=O)[C@H](C)NC(=O)[C@H](C)NC(=O)CN(CC(=O)NCCCC(=O)ON2C(=O)C=CC2=O)CC(=O)N[C@@H](C)C(=O)N[C@H]1C. The number of carbonyl (C=O) groups is 13. The predicted octanol–water partition coefficient (Wildman–Crippen LogP) is 4.27. The molecule has 0 spiro atoms. The number of nitrogens with one attached hydrogen (secondary N) is 7. The molecule has 4 aromatic carbocycles. The summed E-state index contributed by atoms with van der Waals surface area (Å²) in [5.74, 6) is -6.83. The molecule has 9 heterocycles. The van der Waals surface area contributed by atoms with E-state index in [0.717, 1.165) is 28.2 Å². The lowest BCUT2D eigenvalue weighted by Gasteiger charge is -2.32. The van der Waals surface area contributed by atoms with E-state index in [0.29, 0.717) is 46.4 Å². The normalized spacial score (nSPS) is 22.6. The number of benzene rings is 4. The summed E-state index contributed by atoms with van der Waals surface area (Å²) in [7, 11) is 2.86. The zero-order valence-corrected chi connectivity index (χ0v) is 61.2. The lowest BCUT2D eigenvalue weighted by Crippen LogP contribution is -2.54. The number of ether oxygens (including phenoxy) is 6. The predicted molar refractivity (Wildman–Crippen MR) is 389 cm³/mol. The zero-order chi connectivity index (χ0) is 77.8. The van der Waals surface area contributed by atoms with Gasteiger partial charge in [-0.1, -0.05) is 59.2 Å². The highest BCUT2D eigenvalue weighted by atomic mass is 16.7. The van der Waals surface area contributed by atoms with Gasteiger partial charge in [-0.2, -0.15) is 0 Å². The number of anilines is 4. The minimum absolute atomic E-state index is 0.0103. The molecule has 0 radical (unpaired) electrons. The van der Waals surface area contributed by atoms with Gasteiger partial charge in [0.1, 0.15) is 31.3 Å². The third-order valence-electron chi connectivity index (χ3n) is 18.4. The number of hydroxylamine groups is 2. The van der Waals surface area contributed by atoms with Gasteiger partial charge in [0.05, 0.1) is 100 Å². The fourth-order valence-electron chi connectivity index (χ4n) is 12.7. The van der Waals surface area contributed by atoms with E-state index in [1.165, 1.54) is 50.9 Å². The summed E-state index contributed by atoms with van der Waals surface area (Å²) >= 11 is 0. The average Bonchev–Trinajstić information content (AvgIpc) is 1.59. The highest BCUT2D eigenvalue weighted by Gasteiger charge is 2.44. The third-order valence-corrected chi connectivity index (χ3v) is 18.4. The molecule has 8 bridgehead atoms. The van der Waals surface area contributed by atoms with Gasteiger partial charge < -0.3 is 80.3 Å². The van der Waals surface area contributed by atoms with E-state index in [2.05, 4.69) is 43.8 Å². The first kappa shape index (κ1) is 78.3. The molecule has 13 rings (SSSR count). The van der Waals surface area contributed by atoms with Crippen molar-refractivity contribution >= 4 is 100.0 Å². The van der Waals surface area contributed by atoms with E-state index in [1.54, 1.807) is 83.5 Å². The number of hydrogen-bond acceptors (Lipinski definition) is 22. The van der Waals surface area contributed by atoms with Gasteiger partial charge in [0.25, 0.3) is 23.6 Å². The van der Waals surface area contributed by atoms with Crippen LogP contribution in [0.4, 0.5) is 32.3 Å². The van der Waals surface area contributed by atoms with E-state index >= 15 is 0 Å². The van der Waals surface area contributed by atoms with Gasteiger partial charge in [-0.25, -0.2) is 14.4 Å². The molecule has 0 aromatic heterocycles. The van der Waals surface area contributed by atoms with Gasteiger partial charge in [0.15, 0.2) is 23.0 Å². The number of methoxy groups -OCH3 is 2. The summed E-state index contributed by atoms with van der Waals surface area (Å²) in [6.07, 6.45) is 4.14. The number of amides is 12. The Balaban J connectivity index is 0.865. The lowest BCUT2D eigenvalue weighted by molar-refractivity contribution is -0.196. The van der Waals surface area contributed by atoms with Crippen LogP contribution in [0.25, 0.3) is 0 Å². The van der Waals surface area contributed by atoms with Crippen molar-refractivity contribution in [2.75, 3.05) is 93.7 Å². The molecular weight excluding hydrogens is 1400 g/mol. The molecule has 9 aliphatic heterocycles. The molecule has 4 aromatic rings. The summed E-state index contributed by atoms with van der Waals surface area (Å²) in [5, 5.41) is 19.1. The first-order chi connectivity index (χ1) is 51.6. The van der Waals surface area contributed by atoms with Crippen molar-refractivity contribution in [2.45, 2.75) is 123 Å². The van der Waals surface area contributed by atoms with Gasteiger partial charge >= 0.3 is 18.2 Å². The highest BCUT2D eigenvalue weighted by Crippen LogP contribution is 2.43. The molecule has 7 N–H and O–H groups in total. The van der Waals surface area contributed by atoms with Crippen molar-refractivity contribution in [2.24, 2.45) is 0 Å². The lowest BCUT2D eigenvalue weighted by atomic mass is 10.1. The Kier molecular flexibility index (Phi) is 25.2. The second-order valence-electron chi connectivity index (χ2n) is 26.8. The van der Waals surface area contributed by atoms with Crippen molar-refractivity contribution in [3.63, 3.8) is 0 Å². The number of nitrogens with zero attached hydrogens (tertiary/aromatic N) is 6. The molecule has 9 aliphatic rings. The van der Waals surface area contributed by atoms with E-state index in [-0.39, 0.29) is 116 Å². The second kappa shape index (κ2) is 34.7. The van der Waals surface area contributed by atoms with E-state index in [4.69, 9.17) is 33.3 Å². The molecular formula is C75H87N13O20. The van der Waals surface area contributed by atoms with Crippen LogP contribution in [0.15, 0.2) is 121 Å². The monoisotopic (exact) mass is 1490 g/mol. The number of imide groups is 1. The summed E-state index contributed by atoms with van der Waals surface area (Å²) in [4.78, 5) is 187. The molecule has 33 heteroatoms. The fraction of sp³-hybridized carbons (Fsp3) is 0.400. The number of carbonyl (C=O) groups excluding carboxylic acids is 13. The van der Waals surface area contributed by atoms with Gasteiger partial charge in [0, 0.05) is 73.8 Å². The van der Waals surface area contributed by atoms with Crippen molar-refractivity contribution < 1.29 is 95.6 Å². The minimum atomic E-state index is -1.27. The molecule has 0 aliphatic carbocycles. The third kappa shape index (κ3) is 19.0. The number of hydrogen-bond donors (Lipinski definition) is 7. The maximum absolute atomic E-state index is 14.6. The van der Waals surface area contributed by atoms with Crippen LogP contribution in [0.3, 0.4) is 0 Å². The van der Waals surface area contributed by atoms with Crippen molar-refractivity contribution in [1.82, 2.24) is 46.3 Å². The molecule has 0 saturated carbocycles. The van der Waals surface area contributed by atoms with Crippen LogP contribution < -0.4 is 66.0 Å². The maximum Gasteiger partial charge on any atom is 0.414 e. The van der Waals surface area contributed by atoms with E-state index < -0.39 is 127 Å². The number of fused-ring (bicyclic) bond motifs is 2. The minimum Gasteiger partial charge on any atom is -0.493 e. The topological polar surface area (TPSA) is 390 Å². The highest BCUT2D eigenvalue weighted by molar-refractivity contribution is 6.12. The van der Waals surface area contributed by atoms with Crippen LogP contribution in [0, 0.1) is 0 Å². The van der Waals surface area contributed by atoms with Gasteiger partial charge in [-0.3, -0.25) is 62.6 Å². The van der Waals surface area contributed by atoms with Crippen LogP contribution >= 0.6 is 0 Å². The zero-order valence-electron chi connectivity index (χ0n) is 61.2. The maximum atomic E-state index is 14.6. The average molecular weight is 1490 g/mol. The Bertz CT molecular complexity index is 4310. The molecule has 572 valence electrons. The second-order valence-corrected chi connectivity index (χ2v) is 26.8. The summed E-state index contributed by atoms with van der Waals surface area (Å²) in [6, 6.07) is 13.4. The molecule has 12 amide bonds. The largest absolute Gasteiger partial charge is 0.493 e. The smallest absolute Gasteiger partial charge is 0.414 e. The Morgan fingerprint density at radius 3 is 1.68 bits per heavy atom. The number of rotatable bonds is 9. The molecule has 0 saturated heterocycles. The molecule has 0 fully saturated rings. The van der Waals surface area contributed by atoms with E-state index in [9.17, 15) is 62.3 Å². The quantitative estimate of drug-likeness (QED) is 0.0698. The Hall–Kier alpha value is -12.3. The summed E-state index contributed by atoms with van der Waals surface area (Å²) in [5.41, 5.74) is 4.96. The van der Waals surface area contributed by atoms with Crippen LogP contribution in [0.1, 0.15) is 99.6 Å². The van der Waals surface area contributed by atoms with Gasteiger partial charge in [-0.15, -0.1) is 0 Å². The van der Waals surface area contributed by atoms with E-state index in [1.807, 2.05) is 32.9 Å². The standard InChI is InChI=1S/C75H87N13O20/c1-41-27-53-35-86-57-31-61(59(102-9)29-54(57)72(98)84(53)33-41)104-25-12-26-105-62-32-58-55(30-60(62)103-10)73(99)85-34-42(2)28-56(85)48(8)87(58)75(101)107-40-50-14-18-51(19-15-50)77-43(3)44(4)80-69(95)45(5)78-64(90)37-83(36-63(89)76-24-11-13-68(94)108-88-66(92)22-23-67(88)93)38-65(91)79-46(6)70(96)81-47(7)71(97)82-52-20-16-49(17-21-52)39-106-74(86)100/h14-23,27-32,44-48,53,56,77H,3,11-13,24-26,33-40H2,1-2,4-10H3,(H,76,89)(H,78,90)(H,79,91)(H,80,95)(H,81,96)(H,82,97)/t44-,45-,46-,47-,48?,53-,56-/m0/s1. The Labute approximate surface area is 622 Å². The van der Waals surface area contributed by atoms with Crippen molar-refractivity contribution in [1.29, 1.82) is 0 Å². The first-order valence-electron chi connectivity index (χ1n) is 35.0. The van der Waals surface area contributed by atoms with Crippen LogP contribution in [-0.2, 0) is 70.7 Å². The Morgan fingerprint density at radius 2 is 1.09 bits per heavy atom. The first-order valence-corrected chi connectivity index (χ1v) is 35.0. The van der Waals surface area contributed by atoms with Crippen molar-refractivity contribution in [3.05, 3.63) is 143 Å². The molecule has 1 unspecified atom stereocenters. The molecule has 7 atom stereocenters. The van der Waals surface area contributed by atoms with Crippen LogP contribution in [-0.4, -0.2) is 213 Å².